The van der Waals surface area contributed by atoms with Gasteiger partial charge in [-0.2, -0.15) is 0 Å². The molecule has 1 aliphatic carbocycles. The molecule has 0 atom stereocenters. The molecule has 21 heavy (non-hydrogen) atoms. The van der Waals surface area contributed by atoms with Crippen LogP contribution >= 0.6 is 0 Å². The highest BCUT2D eigenvalue weighted by atomic mass is 16.4. The molecule has 4 N–H and O–H groups in total. The molecule has 0 amide bonds. The molecular weight excluding hydrogens is 266 g/mol. The van der Waals surface area contributed by atoms with Crippen molar-refractivity contribution in [3.8, 4) is 0 Å². The average molecular weight is 291 g/mol. The largest absolute Gasteiger partial charge is 0.409 e. The zero-order chi connectivity index (χ0) is 15.3. The molecule has 6 nitrogen and oxygen atoms in total. The zero-order valence-electron chi connectivity index (χ0n) is 12.8. The predicted molar refractivity (Wildman–Crippen MR) is 83.3 cm³/mol. The fourth-order valence-electron chi connectivity index (χ4n) is 3.10. The molecule has 0 aliphatic heterocycles. The summed E-state index contributed by atoms with van der Waals surface area (Å²) in [5.74, 6) is 0.0515. The van der Waals surface area contributed by atoms with Crippen molar-refractivity contribution in [2.24, 2.45) is 10.9 Å². The van der Waals surface area contributed by atoms with Crippen LogP contribution in [0.2, 0.25) is 0 Å². The summed E-state index contributed by atoms with van der Waals surface area (Å²) < 4.78 is 0. The lowest BCUT2D eigenvalue weighted by molar-refractivity contribution is 0.153. The van der Waals surface area contributed by atoms with Crippen LogP contribution in [0.3, 0.4) is 0 Å². The van der Waals surface area contributed by atoms with Crippen molar-refractivity contribution in [1.82, 2.24) is 15.2 Å². The second-order valence-electron chi connectivity index (χ2n) is 5.93. The Morgan fingerprint density at radius 2 is 2.19 bits per heavy atom. The zero-order valence-corrected chi connectivity index (χ0v) is 12.8. The molecule has 6 heteroatoms. The summed E-state index contributed by atoms with van der Waals surface area (Å²) in [5, 5.41) is 15.4. The number of oxime groups is 1. The number of nitrogens with two attached hydrogens (primary N) is 1. The second-order valence-corrected chi connectivity index (χ2v) is 5.93. The van der Waals surface area contributed by atoms with Crippen LogP contribution in [0.25, 0.3) is 0 Å². The van der Waals surface area contributed by atoms with E-state index in [2.05, 4.69) is 34.5 Å². The number of nitrogens with one attached hydrogen (secondary N) is 1. The van der Waals surface area contributed by atoms with Gasteiger partial charge in [-0.1, -0.05) is 24.1 Å². The first-order chi connectivity index (χ1) is 10.1. The van der Waals surface area contributed by atoms with Gasteiger partial charge in [0.1, 0.15) is 5.69 Å². The molecule has 0 aromatic carbocycles. The third-order valence-corrected chi connectivity index (χ3v) is 4.49. The van der Waals surface area contributed by atoms with Crippen LogP contribution < -0.4 is 11.1 Å². The first-order valence-corrected chi connectivity index (χ1v) is 7.39. The van der Waals surface area contributed by atoms with Crippen LogP contribution in [0.4, 0.5) is 0 Å². The normalized spacial score (nSPS) is 18.3. The van der Waals surface area contributed by atoms with E-state index in [0.29, 0.717) is 12.2 Å². The van der Waals surface area contributed by atoms with Gasteiger partial charge in [0, 0.05) is 24.8 Å². The van der Waals surface area contributed by atoms with Gasteiger partial charge in [-0.05, 0) is 38.6 Å². The molecule has 1 heterocycles. The van der Waals surface area contributed by atoms with Gasteiger partial charge in [-0.15, -0.1) is 0 Å². The maximum Gasteiger partial charge on any atom is 0.189 e. The van der Waals surface area contributed by atoms with Gasteiger partial charge in [-0.25, -0.2) is 0 Å². The number of likely N-dealkylation sites (N-methyl/N-ethyl adjacent to an activating group) is 1. The second kappa shape index (κ2) is 6.87. The van der Waals surface area contributed by atoms with E-state index in [4.69, 9.17) is 10.9 Å². The van der Waals surface area contributed by atoms with Gasteiger partial charge in [-0.3, -0.25) is 4.98 Å². The monoisotopic (exact) mass is 291 g/mol. The Balaban J connectivity index is 2.01. The third kappa shape index (κ3) is 3.51. The average Bonchev–Trinajstić information content (AvgIpc) is 2.97. The van der Waals surface area contributed by atoms with E-state index in [1.165, 1.54) is 25.7 Å². The van der Waals surface area contributed by atoms with Gasteiger partial charge >= 0.3 is 0 Å². The highest BCUT2D eigenvalue weighted by Gasteiger charge is 2.35. The van der Waals surface area contributed by atoms with Crippen LogP contribution in [0.15, 0.2) is 23.5 Å². The van der Waals surface area contributed by atoms with Crippen molar-refractivity contribution in [1.29, 1.82) is 0 Å². The number of rotatable bonds is 6. The van der Waals surface area contributed by atoms with Crippen molar-refractivity contribution >= 4 is 5.84 Å². The fraction of sp³-hybridized carbons (Fsp3) is 0.600. The molecule has 1 saturated carbocycles. The van der Waals surface area contributed by atoms with Gasteiger partial charge in [0.2, 0.25) is 0 Å². The third-order valence-electron chi connectivity index (χ3n) is 4.49. The van der Waals surface area contributed by atoms with Crippen molar-refractivity contribution in [2.45, 2.75) is 37.8 Å². The molecular formula is C15H25N5O. The topological polar surface area (TPSA) is 86.8 Å². The predicted octanol–water partition coefficient (Wildman–Crippen LogP) is 1.14. The summed E-state index contributed by atoms with van der Waals surface area (Å²) in [7, 11) is 4.30. The summed E-state index contributed by atoms with van der Waals surface area (Å²) in [4.78, 5) is 6.52. The maximum absolute atomic E-state index is 8.82. The number of hydrogen-bond donors (Lipinski definition) is 3. The Bertz CT molecular complexity index is 495. The number of hydrogen-bond acceptors (Lipinski definition) is 5. The van der Waals surface area contributed by atoms with E-state index in [9.17, 15) is 0 Å². The Morgan fingerprint density at radius 1 is 1.48 bits per heavy atom. The van der Waals surface area contributed by atoms with E-state index < -0.39 is 0 Å². The SMILES string of the molecule is CN(C)C1(CNCc2cccnc2/C(N)=N/O)CCCC1. The van der Waals surface area contributed by atoms with Crippen LogP contribution in [0.5, 0.6) is 0 Å². The maximum atomic E-state index is 8.82. The van der Waals surface area contributed by atoms with E-state index in [1.54, 1.807) is 6.20 Å². The molecule has 1 fully saturated rings. The van der Waals surface area contributed by atoms with E-state index >= 15 is 0 Å². The summed E-state index contributed by atoms with van der Waals surface area (Å²) in [6.45, 7) is 1.60. The number of aromatic nitrogens is 1. The Labute approximate surface area is 126 Å². The lowest BCUT2D eigenvalue weighted by Gasteiger charge is -2.36. The van der Waals surface area contributed by atoms with Gasteiger partial charge in [0.25, 0.3) is 0 Å². The number of nitrogens with zero attached hydrogens (tertiary/aromatic N) is 3. The van der Waals surface area contributed by atoms with E-state index in [-0.39, 0.29) is 11.4 Å². The minimum Gasteiger partial charge on any atom is -0.409 e. The van der Waals surface area contributed by atoms with Gasteiger partial charge in [0.15, 0.2) is 5.84 Å². The van der Waals surface area contributed by atoms with Crippen LogP contribution in [-0.2, 0) is 6.54 Å². The molecule has 1 aromatic heterocycles. The van der Waals surface area contributed by atoms with Crippen molar-refractivity contribution in [2.75, 3.05) is 20.6 Å². The molecule has 0 saturated heterocycles. The number of amidine groups is 1. The highest BCUT2D eigenvalue weighted by Crippen LogP contribution is 2.33. The Kier molecular flexibility index (Phi) is 5.14. The van der Waals surface area contributed by atoms with E-state index in [0.717, 1.165) is 12.1 Å². The fourth-order valence-corrected chi connectivity index (χ4v) is 3.10. The summed E-state index contributed by atoms with van der Waals surface area (Å²) >= 11 is 0. The minimum absolute atomic E-state index is 0.0515. The molecule has 0 bridgehead atoms. The molecule has 0 unspecified atom stereocenters. The Morgan fingerprint density at radius 3 is 2.81 bits per heavy atom. The number of pyridine rings is 1. The lowest BCUT2D eigenvalue weighted by Crippen LogP contribution is -2.49. The van der Waals surface area contributed by atoms with Crippen LogP contribution in [0, 0.1) is 0 Å². The lowest BCUT2D eigenvalue weighted by atomic mass is 9.96. The molecule has 0 radical (unpaired) electrons. The smallest absolute Gasteiger partial charge is 0.189 e. The minimum atomic E-state index is 0.0515. The van der Waals surface area contributed by atoms with Crippen LogP contribution in [-0.4, -0.2) is 47.1 Å². The molecule has 1 aliphatic rings. The molecule has 0 spiro atoms. The van der Waals surface area contributed by atoms with Crippen LogP contribution in [0.1, 0.15) is 36.9 Å². The standard InChI is InChI=1S/C15H25N5O/c1-20(2)15(7-3-4-8-15)11-17-10-12-6-5-9-18-13(12)14(16)19-21/h5-6,9,17,21H,3-4,7-8,10-11H2,1-2H3,(H2,16,19). The van der Waals surface area contributed by atoms with Gasteiger partial charge in [0.05, 0.1) is 0 Å². The summed E-state index contributed by atoms with van der Waals surface area (Å²) in [5.41, 5.74) is 7.40. The summed E-state index contributed by atoms with van der Waals surface area (Å²) in [6.07, 6.45) is 6.69. The van der Waals surface area contributed by atoms with Crippen molar-refractivity contribution in [3.63, 3.8) is 0 Å². The molecule has 116 valence electrons. The van der Waals surface area contributed by atoms with Crippen molar-refractivity contribution < 1.29 is 5.21 Å². The Hall–Kier alpha value is -1.66. The molecule has 1 aromatic rings. The highest BCUT2D eigenvalue weighted by molar-refractivity contribution is 5.96. The summed E-state index contributed by atoms with van der Waals surface area (Å²) in [6, 6.07) is 3.81. The van der Waals surface area contributed by atoms with E-state index in [1.807, 2.05) is 12.1 Å². The first-order valence-electron chi connectivity index (χ1n) is 7.39. The first kappa shape index (κ1) is 15.7. The van der Waals surface area contributed by atoms with Gasteiger partial charge < -0.3 is 21.2 Å². The quantitative estimate of drug-likeness (QED) is 0.317. The van der Waals surface area contributed by atoms with Crippen molar-refractivity contribution in [3.05, 3.63) is 29.6 Å². The molecule has 2 rings (SSSR count).